The standard InChI is InChI=1S/C19H32N4/c1-14(2)23(15(3)4)12-6-11-21-19(20)22-18-10-9-16-7-5-8-17(16)13-18/h9-10,13-15H,5-8,11-12H2,1-4H3,(H3,20,21,22). The molecule has 0 atom stereocenters. The first kappa shape index (κ1) is 17.8. The van der Waals surface area contributed by atoms with Gasteiger partial charge in [0.1, 0.15) is 0 Å². The Kier molecular flexibility index (Phi) is 6.46. The average Bonchev–Trinajstić information content (AvgIpc) is 2.93. The molecule has 4 nitrogen and oxygen atoms in total. The van der Waals surface area contributed by atoms with Crippen LogP contribution < -0.4 is 11.1 Å². The van der Waals surface area contributed by atoms with Crippen molar-refractivity contribution in [2.45, 2.75) is 65.5 Å². The van der Waals surface area contributed by atoms with E-state index in [2.05, 4.69) is 61.1 Å². The number of nitrogens with two attached hydrogens (primary N) is 1. The SMILES string of the molecule is CC(C)N(CCCN=C(N)Nc1ccc2c(c1)CCC2)C(C)C. The van der Waals surface area contributed by atoms with Gasteiger partial charge in [-0.25, -0.2) is 0 Å². The molecule has 0 heterocycles. The van der Waals surface area contributed by atoms with Crippen LogP contribution in [0.5, 0.6) is 0 Å². The summed E-state index contributed by atoms with van der Waals surface area (Å²) in [7, 11) is 0. The van der Waals surface area contributed by atoms with E-state index in [0.29, 0.717) is 18.0 Å². The highest BCUT2D eigenvalue weighted by Gasteiger charge is 2.12. The van der Waals surface area contributed by atoms with Gasteiger partial charge in [-0.2, -0.15) is 0 Å². The Morgan fingerprint density at radius 1 is 1.17 bits per heavy atom. The molecule has 0 fully saturated rings. The third-order valence-corrected chi connectivity index (χ3v) is 4.55. The van der Waals surface area contributed by atoms with Crippen LogP contribution in [-0.4, -0.2) is 36.0 Å². The number of rotatable bonds is 7. The molecule has 0 bridgehead atoms. The van der Waals surface area contributed by atoms with Crippen LogP contribution in [0.25, 0.3) is 0 Å². The molecule has 0 spiro atoms. The zero-order chi connectivity index (χ0) is 16.8. The minimum Gasteiger partial charge on any atom is -0.370 e. The van der Waals surface area contributed by atoms with Crippen molar-refractivity contribution in [1.82, 2.24) is 4.90 Å². The molecule has 3 N–H and O–H groups in total. The summed E-state index contributed by atoms with van der Waals surface area (Å²) < 4.78 is 0. The molecule has 0 unspecified atom stereocenters. The van der Waals surface area contributed by atoms with E-state index in [0.717, 1.165) is 25.2 Å². The van der Waals surface area contributed by atoms with Crippen LogP contribution >= 0.6 is 0 Å². The summed E-state index contributed by atoms with van der Waals surface area (Å²) in [4.78, 5) is 6.95. The largest absolute Gasteiger partial charge is 0.370 e. The number of fused-ring (bicyclic) bond motifs is 1. The normalized spacial score (nSPS) is 14.8. The second-order valence-electron chi connectivity index (χ2n) is 7.01. The molecule has 0 aliphatic heterocycles. The molecule has 1 aromatic rings. The van der Waals surface area contributed by atoms with Crippen LogP contribution in [0.15, 0.2) is 23.2 Å². The van der Waals surface area contributed by atoms with Gasteiger partial charge in [0, 0.05) is 30.9 Å². The summed E-state index contributed by atoms with van der Waals surface area (Å²) >= 11 is 0. The van der Waals surface area contributed by atoms with Gasteiger partial charge in [-0.3, -0.25) is 9.89 Å². The van der Waals surface area contributed by atoms with Crippen molar-refractivity contribution in [3.63, 3.8) is 0 Å². The van der Waals surface area contributed by atoms with Crippen molar-refractivity contribution in [1.29, 1.82) is 0 Å². The Balaban J connectivity index is 1.79. The Bertz CT molecular complexity index is 526. The fourth-order valence-corrected chi connectivity index (χ4v) is 3.40. The highest BCUT2D eigenvalue weighted by atomic mass is 15.2. The van der Waals surface area contributed by atoms with E-state index in [1.165, 1.54) is 30.4 Å². The fraction of sp³-hybridized carbons (Fsp3) is 0.632. The molecule has 0 aromatic heterocycles. The van der Waals surface area contributed by atoms with Gasteiger partial charge in [0.2, 0.25) is 0 Å². The third kappa shape index (κ3) is 5.24. The second kappa shape index (κ2) is 8.34. The lowest BCUT2D eigenvalue weighted by molar-refractivity contribution is 0.174. The van der Waals surface area contributed by atoms with Gasteiger partial charge >= 0.3 is 0 Å². The van der Waals surface area contributed by atoms with Crippen molar-refractivity contribution >= 4 is 11.6 Å². The second-order valence-corrected chi connectivity index (χ2v) is 7.01. The van der Waals surface area contributed by atoms with E-state index in [1.807, 2.05) is 0 Å². The summed E-state index contributed by atoms with van der Waals surface area (Å²) in [6.07, 6.45) is 4.69. The predicted molar refractivity (Wildman–Crippen MR) is 100 cm³/mol. The summed E-state index contributed by atoms with van der Waals surface area (Å²) in [5.41, 5.74) is 10.00. The maximum atomic E-state index is 6.01. The quantitative estimate of drug-likeness (QED) is 0.460. The van der Waals surface area contributed by atoms with Crippen molar-refractivity contribution in [2.75, 3.05) is 18.4 Å². The molecule has 4 heteroatoms. The summed E-state index contributed by atoms with van der Waals surface area (Å²) in [5, 5.41) is 3.22. The number of aliphatic imine (C=N–C) groups is 1. The Morgan fingerprint density at radius 2 is 1.87 bits per heavy atom. The zero-order valence-electron chi connectivity index (χ0n) is 15.1. The van der Waals surface area contributed by atoms with E-state index in [4.69, 9.17) is 5.73 Å². The topological polar surface area (TPSA) is 53.6 Å². The summed E-state index contributed by atoms with van der Waals surface area (Å²) in [5.74, 6) is 0.517. The number of aryl methyl sites for hydroxylation is 2. The van der Waals surface area contributed by atoms with Gasteiger partial charge in [0.15, 0.2) is 5.96 Å². The number of nitrogens with one attached hydrogen (secondary N) is 1. The van der Waals surface area contributed by atoms with Gasteiger partial charge in [-0.05, 0) is 76.6 Å². The molecule has 128 valence electrons. The van der Waals surface area contributed by atoms with Gasteiger partial charge in [-0.1, -0.05) is 6.07 Å². The Morgan fingerprint density at radius 3 is 2.57 bits per heavy atom. The maximum Gasteiger partial charge on any atom is 0.193 e. The van der Waals surface area contributed by atoms with Crippen molar-refractivity contribution in [2.24, 2.45) is 10.7 Å². The smallest absolute Gasteiger partial charge is 0.193 e. The molecule has 0 saturated carbocycles. The van der Waals surface area contributed by atoms with Gasteiger partial charge in [0.25, 0.3) is 0 Å². The molecule has 23 heavy (non-hydrogen) atoms. The zero-order valence-corrected chi connectivity index (χ0v) is 15.1. The van der Waals surface area contributed by atoms with E-state index < -0.39 is 0 Å². The van der Waals surface area contributed by atoms with Crippen LogP contribution in [0.2, 0.25) is 0 Å². The van der Waals surface area contributed by atoms with Gasteiger partial charge < -0.3 is 11.1 Å². The first-order chi connectivity index (χ1) is 11.0. The molecule has 0 saturated heterocycles. The van der Waals surface area contributed by atoms with E-state index >= 15 is 0 Å². The van der Waals surface area contributed by atoms with Crippen molar-refractivity contribution < 1.29 is 0 Å². The highest BCUT2D eigenvalue weighted by Crippen LogP contribution is 2.24. The summed E-state index contributed by atoms with van der Waals surface area (Å²) in [6.45, 7) is 10.8. The molecule has 1 aromatic carbocycles. The monoisotopic (exact) mass is 316 g/mol. The lowest BCUT2D eigenvalue weighted by atomic mass is 10.1. The number of anilines is 1. The molecule has 1 aliphatic rings. The number of guanidine groups is 1. The number of benzene rings is 1. The van der Waals surface area contributed by atoms with Crippen LogP contribution in [0.1, 0.15) is 51.7 Å². The lowest BCUT2D eigenvalue weighted by Crippen LogP contribution is -2.38. The molecular weight excluding hydrogens is 284 g/mol. The molecule has 0 radical (unpaired) electrons. The van der Waals surface area contributed by atoms with Crippen LogP contribution in [0.4, 0.5) is 5.69 Å². The van der Waals surface area contributed by atoms with Crippen LogP contribution in [0.3, 0.4) is 0 Å². The Labute approximate surface area is 141 Å². The average molecular weight is 316 g/mol. The Hall–Kier alpha value is -1.55. The number of nitrogens with zero attached hydrogens (tertiary/aromatic N) is 2. The molecular formula is C19H32N4. The first-order valence-electron chi connectivity index (χ1n) is 8.92. The van der Waals surface area contributed by atoms with Crippen LogP contribution in [-0.2, 0) is 12.8 Å². The first-order valence-corrected chi connectivity index (χ1v) is 8.92. The fourth-order valence-electron chi connectivity index (χ4n) is 3.40. The van der Waals surface area contributed by atoms with Crippen molar-refractivity contribution in [3.05, 3.63) is 29.3 Å². The van der Waals surface area contributed by atoms with E-state index in [9.17, 15) is 0 Å². The molecule has 0 amide bonds. The minimum atomic E-state index is 0.517. The maximum absolute atomic E-state index is 6.01. The molecule has 2 rings (SSSR count). The minimum absolute atomic E-state index is 0.517. The van der Waals surface area contributed by atoms with Gasteiger partial charge in [-0.15, -0.1) is 0 Å². The predicted octanol–water partition coefficient (Wildman–Crippen LogP) is 3.41. The third-order valence-electron chi connectivity index (χ3n) is 4.55. The van der Waals surface area contributed by atoms with Gasteiger partial charge in [0.05, 0.1) is 0 Å². The molecule has 1 aliphatic carbocycles. The lowest BCUT2D eigenvalue weighted by Gasteiger charge is -2.30. The van der Waals surface area contributed by atoms with E-state index in [-0.39, 0.29) is 0 Å². The van der Waals surface area contributed by atoms with Crippen LogP contribution in [0, 0.1) is 0 Å². The highest BCUT2D eigenvalue weighted by molar-refractivity contribution is 5.92. The number of hydrogen-bond donors (Lipinski definition) is 2. The van der Waals surface area contributed by atoms with E-state index in [1.54, 1.807) is 0 Å². The number of hydrogen-bond acceptors (Lipinski definition) is 2. The summed E-state index contributed by atoms with van der Waals surface area (Å²) in [6, 6.07) is 7.67. The van der Waals surface area contributed by atoms with Crippen molar-refractivity contribution in [3.8, 4) is 0 Å².